The first-order chi connectivity index (χ1) is 21.4. The first-order valence-corrected chi connectivity index (χ1v) is 22.9. The van der Waals surface area contributed by atoms with E-state index in [0.717, 1.165) is 5.66 Å². The van der Waals surface area contributed by atoms with Crippen molar-refractivity contribution < 1.29 is 0 Å². The molecule has 0 saturated heterocycles. The van der Waals surface area contributed by atoms with Gasteiger partial charge in [-0.2, -0.15) is 0 Å². The lowest BCUT2D eigenvalue weighted by atomic mass is 10.0. The summed E-state index contributed by atoms with van der Waals surface area (Å²) in [6.07, 6.45) is 58.8. The molecule has 0 N–H and O–H groups in total. The molecular weight excluding hydrogens is 535 g/mol. The fourth-order valence-electron chi connectivity index (χ4n) is 7.65. The fourth-order valence-corrected chi connectivity index (χ4v) is 11.0. The monoisotopic (exact) mass is 621 g/mol. The Balaban J connectivity index is 1.93. The third-order valence-electron chi connectivity index (χ3n) is 10.7. The lowest BCUT2D eigenvalue weighted by molar-refractivity contribution is 0.508. The lowest BCUT2D eigenvalue weighted by Crippen LogP contribution is -2.14. The molecule has 1 rings (SSSR count). The van der Waals surface area contributed by atoms with Crippen molar-refractivity contribution in [2.75, 3.05) is 12.3 Å². The van der Waals surface area contributed by atoms with Gasteiger partial charge in [0.25, 0.3) is 0 Å². The predicted octanol–water partition coefficient (Wildman–Crippen LogP) is 16.3. The van der Waals surface area contributed by atoms with E-state index in [1.165, 1.54) is 199 Å². The maximum Gasteiger partial charge on any atom is -0.0209 e. The van der Waals surface area contributed by atoms with Gasteiger partial charge in [0.05, 0.1) is 0 Å². The summed E-state index contributed by atoms with van der Waals surface area (Å²) in [4.78, 5) is 0. The van der Waals surface area contributed by atoms with Gasteiger partial charge in [0.2, 0.25) is 0 Å². The quantitative estimate of drug-likeness (QED) is 0.0488. The molecule has 0 heterocycles. The minimum Gasteiger partial charge on any atom is -0.104 e. The highest BCUT2D eigenvalue weighted by Crippen LogP contribution is 2.49. The third-order valence-corrected chi connectivity index (χ3v) is 14.0. The van der Waals surface area contributed by atoms with E-state index in [-0.39, 0.29) is 0 Å². The molecule has 0 bridgehead atoms. The summed E-state index contributed by atoms with van der Waals surface area (Å²) in [7, 11) is 0.336. The average Bonchev–Trinajstić information content (AvgIpc) is 3.03. The van der Waals surface area contributed by atoms with Gasteiger partial charge in [-0.3, -0.25) is 0 Å². The molecule has 0 aromatic heterocycles. The van der Waals surface area contributed by atoms with Crippen molar-refractivity contribution in [3.05, 3.63) is 0 Å². The Labute approximate surface area is 276 Å². The van der Waals surface area contributed by atoms with E-state index in [1.807, 2.05) is 0 Å². The van der Waals surface area contributed by atoms with Gasteiger partial charge in [-0.25, -0.2) is 0 Å². The molecule has 0 aromatic rings. The second-order valence-corrected chi connectivity index (χ2v) is 17.7. The number of unbranched alkanes of at least 4 members (excludes halogenated alkanes) is 30. The first kappa shape index (κ1) is 41.5. The zero-order valence-corrected chi connectivity index (χ0v) is 31.5. The van der Waals surface area contributed by atoms with E-state index in [9.17, 15) is 0 Å². The summed E-state index contributed by atoms with van der Waals surface area (Å²) in [6, 6.07) is 0. The van der Waals surface area contributed by atoms with E-state index < -0.39 is 0 Å². The average molecular weight is 621 g/mol. The van der Waals surface area contributed by atoms with Crippen LogP contribution in [0.2, 0.25) is 0 Å². The van der Waals surface area contributed by atoms with Crippen LogP contribution in [-0.2, 0) is 0 Å². The molecule has 0 unspecified atom stereocenters. The third kappa shape index (κ3) is 29.6. The van der Waals surface area contributed by atoms with Gasteiger partial charge in [0, 0.05) is 0 Å². The van der Waals surface area contributed by atoms with Crippen molar-refractivity contribution in [1.29, 1.82) is 0 Å². The summed E-state index contributed by atoms with van der Waals surface area (Å²) in [5.41, 5.74) is 1.15. The Hall–Kier alpha value is 0.430. The molecular formula is C42H85P. The molecule has 1 saturated carbocycles. The molecule has 1 aliphatic carbocycles. The van der Waals surface area contributed by atoms with Crippen LogP contribution in [0.1, 0.15) is 251 Å². The minimum absolute atomic E-state index is 0.336. The van der Waals surface area contributed by atoms with Crippen LogP contribution in [0.25, 0.3) is 0 Å². The van der Waals surface area contributed by atoms with E-state index >= 15 is 0 Å². The zero-order valence-electron chi connectivity index (χ0n) is 30.6. The van der Waals surface area contributed by atoms with Crippen LogP contribution in [0, 0.1) is 0 Å². The molecule has 1 aliphatic rings. The van der Waals surface area contributed by atoms with Crippen molar-refractivity contribution >= 4 is 7.92 Å². The van der Waals surface area contributed by atoms with Crippen molar-refractivity contribution in [2.24, 2.45) is 0 Å². The molecule has 0 radical (unpaired) electrons. The zero-order chi connectivity index (χ0) is 30.7. The van der Waals surface area contributed by atoms with Crippen LogP contribution in [0.15, 0.2) is 0 Å². The smallest absolute Gasteiger partial charge is 0.0209 e. The highest BCUT2D eigenvalue weighted by Gasteiger charge is 2.22. The largest absolute Gasteiger partial charge is 0.104 e. The van der Waals surface area contributed by atoms with E-state index in [2.05, 4.69) is 13.8 Å². The Morgan fingerprint density at radius 1 is 0.302 bits per heavy atom. The highest BCUT2D eigenvalue weighted by atomic mass is 31.1. The second kappa shape index (κ2) is 35.3. The van der Waals surface area contributed by atoms with Gasteiger partial charge < -0.3 is 0 Å². The predicted molar refractivity (Wildman–Crippen MR) is 203 cm³/mol. The summed E-state index contributed by atoms with van der Waals surface area (Å²) >= 11 is 0. The summed E-state index contributed by atoms with van der Waals surface area (Å²) in [5.74, 6) is 0. The molecule has 0 spiro atoms. The lowest BCUT2D eigenvalue weighted by Gasteiger charge is -2.31. The van der Waals surface area contributed by atoms with Gasteiger partial charge in [-0.05, 0) is 43.7 Å². The van der Waals surface area contributed by atoms with Crippen LogP contribution in [0.4, 0.5) is 0 Å². The van der Waals surface area contributed by atoms with Gasteiger partial charge >= 0.3 is 0 Å². The fraction of sp³-hybridized carbons (Fsp3) is 1.00. The van der Waals surface area contributed by atoms with Gasteiger partial charge in [0.15, 0.2) is 0 Å². The van der Waals surface area contributed by atoms with Crippen LogP contribution >= 0.6 is 7.92 Å². The molecule has 0 amide bonds. The Morgan fingerprint density at radius 2 is 0.535 bits per heavy atom. The van der Waals surface area contributed by atoms with Crippen LogP contribution in [0.5, 0.6) is 0 Å². The molecule has 0 aliphatic heterocycles. The maximum atomic E-state index is 2.32. The van der Waals surface area contributed by atoms with Crippen LogP contribution < -0.4 is 0 Å². The Bertz CT molecular complexity index is 459. The first-order valence-electron chi connectivity index (χ1n) is 21.1. The highest BCUT2D eigenvalue weighted by molar-refractivity contribution is 7.58. The molecule has 0 nitrogen and oxygen atoms in total. The Kier molecular flexibility index (Phi) is 34.0. The number of hydrogen-bond acceptors (Lipinski definition) is 0. The molecule has 1 heteroatoms. The minimum atomic E-state index is 0.336. The molecule has 0 aromatic carbocycles. The SMILES string of the molecule is CCCCCCCCCCCCCCCCCCP(CCCCCCCCCCCCCCCCCC)C1CCCCC1. The van der Waals surface area contributed by atoms with E-state index in [4.69, 9.17) is 0 Å². The van der Waals surface area contributed by atoms with Crippen molar-refractivity contribution in [3.8, 4) is 0 Å². The standard InChI is InChI=1S/C42H85P/c1-3-5-7-9-11-13-15-17-19-21-23-25-27-29-31-36-40-43(42-38-34-33-35-39-42)41-37-32-30-28-26-24-22-20-18-16-14-12-10-8-6-4-2/h42H,3-41H2,1-2H3. The van der Waals surface area contributed by atoms with Crippen molar-refractivity contribution in [2.45, 2.75) is 257 Å². The topological polar surface area (TPSA) is 0 Å². The second-order valence-electron chi connectivity index (χ2n) is 14.9. The summed E-state index contributed by atoms with van der Waals surface area (Å²) < 4.78 is 0. The molecule has 258 valence electrons. The van der Waals surface area contributed by atoms with Gasteiger partial charge in [-0.1, -0.05) is 226 Å². The molecule has 0 atom stereocenters. The normalized spacial score (nSPS) is 14.3. The van der Waals surface area contributed by atoms with E-state index in [1.54, 1.807) is 50.8 Å². The van der Waals surface area contributed by atoms with Gasteiger partial charge in [-0.15, -0.1) is 7.92 Å². The van der Waals surface area contributed by atoms with Crippen molar-refractivity contribution in [1.82, 2.24) is 0 Å². The summed E-state index contributed by atoms with van der Waals surface area (Å²) in [6.45, 7) is 4.63. The molecule has 1 fully saturated rings. The Morgan fingerprint density at radius 3 is 0.791 bits per heavy atom. The maximum absolute atomic E-state index is 2.32. The van der Waals surface area contributed by atoms with Crippen LogP contribution in [-0.4, -0.2) is 18.0 Å². The summed E-state index contributed by atoms with van der Waals surface area (Å²) in [5, 5.41) is 0. The number of rotatable bonds is 35. The van der Waals surface area contributed by atoms with Crippen LogP contribution in [0.3, 0.4) is 0 Å². The van der Waals surface area contributed by atoms with Crippen molar-refractivity contribution in [3.63, 3.8) is 0 Å². The molecule has 43 heavy (non-hydrogen) atoms. The number of hydrogen-bond donors (Lipinski definition) is 0. The van der Waals surface area contributed by atoms with Gasteiger partial charge in [0.1, 0.15) is 0 Å². The van der Waals surface area contributed by atoms with E-state index in [0.29, 0.717) is 7.92 Å².